The highest BCUT2D eigenvalue weighted by molar-refractivity contribution is 7.99. The highest BCUT2D eigenvalue weighted by Gasteiger charge is 2.20. The molecule has 166 valence electrons. The largest absolute Gasteiger partial charge is 0.347 e. The van der Waals surface area contributed by atoms with Crippen molar-refractivity contribution in [1.29, 1.82) is 0 Å². The van der Waals surface area contributed by atoms with E-state index in [1.165, 1.54) is 15.8 Å². The summed E-state index contributed by atoms with van der Waals surface area (Å²) in [6.45, 7) is 6.90. The molecule has 0 aliphatic carbocycles. The highest BCUT2D eigenvalue weighted by atomic mass is 35.5. The first-order valence-corrected chi connectivity index (χ1v) is 11.9. The van der Waals surface area contributed by atoms with Crippen molar-refractivity contribution in [2.45, 2.75) is 30.2 Å². The average Bonchev–Trinajstić information content (AvgIpc) is 3.23. The zero-order chi connectivity index (χ0) is 22.7. The summed E-state index contributed by atoms with van der Waals surface area (Å²) in [5.41, 5.74) is 2.10. The van der Waals surface area contributed by atoms with E-state index in [-0.39, 0.29) is 11.8 Å². The zero-order valence-corrected chi connectivity index (χ0v) is 19.8. The number of hydrogen-bond acceptors (Lipinski definition) is 3. The SMILES string of the molecule is CCn1ccc2cccc(Sc3ccc(C=CC(=O)N4CCN(C(C)=O)CC4)cc3Cl)c21. The quantitative estimate of drug-likeness (QED) is 0.486. The van der Waals surface area contributed by atoms with E-state index >= 15 is 0 Å². The normalized spacial score (nSPS) is 14.5. The second-order valence-electron chi connectivity index (χ2n) is 7.75. The van der Waals surface area contributed by atoms with Crippen LogP contribution in [0.3, 0.4) is 0 Å². The van der Waals surface area contributed by atoms with Crippen LogP contribution in [0.4, 0.5) is 0 Å². The predicted octanol–water partition coefficient (Wildman–Crippen LogP) is 5.17. The molecule has 2 amide bonds. The molecule has 0 radical (unpaired) electrons. The summed E-state index contributed by atoms with van der Waals surface area (Å²) in [5, 5.41) is 1.88. The fourth-order valence-electron chi connectivity index (χ4n) is 3.91. The summed E-state index contributed by atoms with van der Waals surface area (Å²) in [6, 6.07) is 14.3. The molecule has 0 N–H and O–H groups in total. The molecule has 32 heavy (non-hydrogen) atoms. The predicted molar refractivity (Wildman–Crippen MR) is 131 cm³/mol. The smallest absolute Gasteiger partial charge is 0.246 e. The first-order valence-electron chi connectivity index (χ1n) is 10.7. The van der Waals surface area contributed by atoms with Gasteiger partial charge in [0.25, 0.3) is 0 Å². The minimum absolute atomic E-state index is 0.0465. The van der Waals surface area contributed by atoms with Gasteiger partial charge in [-0.2, -0.15) is 0 Å². The Labute approximate surface area is 197 Å². The van der Waals surface area contributed by atoms with Crippen LogP contribution in [0.2, 0.25) is 5.02 Å². The summed E-state index contributed by atoms with van der Waals surface area (Å²) in [5.74, 6) is 0.00847. The van der Waals surface area contributed by atoms with E-state index in [0.717, 1.165) is 17.0 Å². The maximum Gasteiger partial charge on any atom is 0.246 e. The van der Waals surface area contributed by atoms with Gasteiger partial charge in [-0.15, -0.1) is 0 Å². The lowest BCUT2D eigenvalue weighted by Gasteiger charge is -2.33. The third-order valence-corrected chi connectivity index (χ3v) is 7.27. The number of amides is 2. The summed E-state index contributed by atoms with van der Waals surface area (Å²) in [7, 11) is 0. The molecule has 0 saturated carbocycles. The molecule has 2 heterocycles. The lowest BCUT2D eigenvalue weighted by atomic mass is 10.2. The van der Waals surface area contributed by atoms with Gasteiger partial charge in [0.15, 0.2) is 0 Å². The van der Waals surface area contributed by atoms with E-state index < -0.39 is 0 Å². The van der Waals surface area contributed by atoms with E-state index in [1.54, 1.807) is 40.6 Å². The number of benzene rings is 2. The minimum Gasteiger partial charge on any atom is -0.347 e. The number of halogens is 1. The van der Waals surface area contributed by atoms with Crippen LogP contribution in [-0.2, 0) is 16.1 Å². The summed E-state index contributed by atoms with van der Waals surface area (Å²) >= 11 is 8.25. The van der Waals surface area contributed by atoms with Crippen LogP contribution in [0.15, 0.2) is 64.5 Å². The van der Waals surface area contributed by atoms with E-state index in [9.17, 15) is 9.59 Å². The Bertz CT molecular complexity index is 1180. The van der Waals surface area contributed by atoms with Gasteiger partial charge in [0.05, 0.1) is 10.5 Å². The number of hydrogen-bond donors (Lipinski definition) is 0. The Morgan fingerprint density at radius 3 is 2.47 bits per heavy atom. The number of nitrogens with zero attached hydrogens (tertiary/aromatic N) is 3. The van der Waals surface area contributed by atoms with Gasteiger partial charge in [0.1, 0.15) is 0 Å². The molecular formula is C25H26ClN3O2S. The second kappa shape index (κ2) is 9.84. The molecule has 1 aliphatic rings. The van der Waals surface area contributed by atoms with Gasteiger partial charge in [0.2, 0.25) is 11.8 Å². The summed E-state index contributed by atoms with van der Waals surface area (Å²) in [4.78, 5) is 29.6. The number of aryl methyl sites for hydroxylation is 1. The van der Waals surface area contributed by atoms with Crippen LogP contribution in [0.25, 0.3) is 17.0 Å². The van der Waals surface area contributed by atoms with E-state index in [2.05, 4.69) is 42.0 Å². The number of piperazine rings is 1. The Morgan fingerprint density at radius 2 is 1.78 bits per heavy atom. The van der Waals surface area contributed by atoms with Crippen molar-refractivity contribution < 1.29 is 9.59 Å². The van der Waals surface area contributed by atoms with E-state index in [1.807, 2.05) is 18.2 Å². The lowest BCUT2D eigenvalue weighted by Crippen LogP contribution is -2.49. The molecule has 5 nitrogen and oxygen atoms in total. The maximum absolute atomic E-state index is 12.5. The standard InChI is InChI=1S/C25H26ClN3O2S/c1-3-27-12-11-20-5-4-6-23(25(20)27)32-22-9-7-19(17-21(22)26)8-10-24(31)29-15-13-28(14-16-29)18(2)30/h4-12,17H,3,13-16H2,1-2H3. The molecule has 0 bridgehead atoms. The number of para-hydroxylation sites is 1. The molecular weight excluding hydrogens is 442 g/mol. The molecule has 1 saturated heterocycles. The number of rotatable bonds is 5. The summed E-state index contributed by atoms with van der Waals surface area (Å²) in [6.07, 6.45) is 5.49. The van der Waals surface area contributed by atoms with Crippen molar-refractivity contribution in [3.8, 4) is 0 Å². The van der Waals surface area contributed by atoms with Gasteiger partial charge in [-0.1, -0.05) is 41.6 Å². The van der Waals surface area contributed by atoms with E-state index in [4.69, 9.17) is 11.6 Å². The molecule has 0 atom stereocenters. The molecule has 1 fully saturated rings. The van der Waals surface area contributed by atoms with Crippen molar-refractivity contribution in [3.63, 3.8) is 0 Å². The van der Waals surface area contributed by atoms with Crippen molar-refractivity contribution in [3.05, 3.63) is 65.3 Å². The molecule has 1 aromatic heterocycles. The Morgan fingerprint density at radius 1 is 1.03 bits per heavy atom. The van der Waals surface area contributed by atoms with Crippen LogP contribution >= 0.6 is 23.4 Å². The van der Waals surface area contributed by atoms with Gasteiger partial charge in [-0.05, 0) is 42.8 Å². The van der Waals surface area contributed by atoms with Crippen molar-refractivity contribution in [1.82, 2.24) is 14.4 Å². The van der Waals surface area contributed by atoms with Crippen molar-refractivity contribution in [2.24, 2.45) is 0 Å². The minimum atomic E-state index is -0.0465. The number of carbonyl (C=O) groups is 2. The number of aromatic nitrogens is 1. The number of fused-ring (bicyclic) bond motifs is 1. The van der Waals surface area contributed by atoms with Gasteiger partial charge in [-0.25, -0.2) is 0 Å². The van der Waals surface area contributed by atoms with Crippen LogP contribution in [0, 0.1) is 0 Å². The van der Waals surface area contributed by atoms with Crippen LogP contribution in [0.5, 0.6) is 0 Å². The molecule has 4 rings (SSSR count). The van der Waals surface area contributed by atoms with Gasteiger partial charge < -0.3 is 14.4 Å². The molecule has 3 aromatic rings. The van der Waals surface area contributed by atoms with Gasteiger partial charge in [0, 0.05) is 67.1 Å². The lowest BCUT2D eigenvalue weighted by molar-refractivity contribution is -0.135. The fourth-order valence-corrected chi connectivity index (χ4v) is 5.22. The van der Waals surface area contributed by atoms with Crippen molar-refractivity contribution in [2.75, 3.05) is 26.2 Å². The third kappa shape index (κ3) is 4.87. The summed E-state index contributed by atoms with van der Waals surface area (Å²) < 4.78 is 2.24. The van der Waals surface area contributed by atoms with Crippen LogP contribution in [0.1, 0.15) is 19.4 Å². The maximum atomic E-state index is 12.5. The zero-order valence-electron chi connectivity index (χ0n) is 18.3. The van der Waals surface area contributed by atoms with E-state index in [0.29, 0.717) is 31.2 Å². The van der Waals surface area contributed by atoms with Gasteiger partial charge in [-0.3, -0.25) is 9.59 Å². The van der Waals surface area contributed by atoms with Crippen LogP contribution in [-0.4, -0.2) is 52.4 Å². The average molecular weight is 468 g/mol. The molecule has 7 heteroatoms. The monoisotopic (exact) mass is 467 g/mol. The Balaban J connectivity index is 1.44. The first kappa shape index (κ1) is 22.5. The molecule has 1 aliphatic heterocycles. The molecule has 0 unspecified atom stereocenters. The Kier molecular flexibility index (Phi) is 6.92. The fraction of sp³-hybridized carbons (Fsp3) is 0.280. The molecule has 2 aromatic carbocycles. The van der Waals surface area contributed by atoms with Crippen LogP contribution < -0.4 is 0 Å². The Hall–Kier alpha value is -2.70. The first-order chi connectivity index (χ1) is 15.5. The van der Waals surface area contributed by atoms with Gasteiger partial charge >= 0.3 is 0 Å². The number of carbonyl (C=O) groups excluding carboxylic acids is 2. The topological polar surface area (TPSA) is 45.6 Å². The second-order valence-corrected chi connectivity index (χ2v) is 9.24. The van der Waals surface area contributed by atoms with Crippen molar-refractivity contribution >= 4 is 52.2 Å². The highest BCUT2D eigenvalue weighted by Crippen LogP contribution is 2.38. The molecule has 0 spiro atoms. The third-order valence-electron chi connectivity index (χ3n) is 5.72.